The molecule has 4 saturated carbocycles. The monoisotopic (exact) mass is 566 g/mol. The zero-order valence-corrected chi connectivity index (χ0v) is 22.9. The van der Waals surface area contributed by atoms with Crippen LogP contribution in [0.2, 0.25) is 0 Å². The van der Waals surface area contributed by atoms with E-state index >= 15 is 0 Å². The van der Waals surface area contributed by atoms with E-state index in [1.807, 2.05) is 0 Å². The van der Waals surface area contributed by atoms with Gasteiger partial charge in [0.25, 0.3) is 0 Å². The number of rotatable bonds is 5. The largest absolute Gasteiger partial charge is 0.458 e. The van der Waals surface area contributed by atoms with Gasteiger partial charge in [-0.3, -0.25) is 0 Å². The van der Waals surface area contributed by atoms with Gasteiger partial charge in [-0.2, -0.15) is 0 Å². The number of aliphatic hydroxyl groups excluding tert-OH is 4. The van der Waals surface area contributed by atoms with Crippen molar-refractivity contribution in [1.82, 2.24) is 0 Å². The van der Waals surface area contributed by atoms with Gasteiger partial charge in [0.1, 0.15) is 37.3 Å². The Morgan fingerprint density at radius 3 is 2.42 bits per heavy atom. The molecule has 0 aromatic carbocycles. The summed E-state index contributed by atoms with van der Waals surface area (Å²) in [6, 6.07) is 0. The van der Waals surface area contributed by atoms with E-state index in [2.05, 4.69) is 6.92 Å². The van der Waals surface area contributed by atoms with Crippen LogP contribution in [0.4, 0.5) is 0 Å². The second-order valence-electron chi connectivity index (χ2n) is 13.4. The van der Waals surface area contributed by atoms with Crippen molar-refractivity contribution in [2.75, 3.05) is 13.2 Å². The normalized spacial score (nSPS) is 54.1. The molecule has 224 valence electrons. The van der Waals surface area contributed by atoms with Crippen LogP contribution >= 0.6 is 0 Å². The summed E-state index contributed by atoms with van der Waals surface area (Å²) in [5, 5.41) is 64.6. The van der Waals surface area contributed by atoms with E-state index < -0.39 is 65.4 Å². The minimum atomic E-state index is -1.57. The average molecular weight is 567 g/mol. The lowest BCUT2D eigenvalue weighted by Gasteiger charge is -2.65. The molecule has 11 heteroatoms. The third kappa shape index (κ3) is 3.85. The van der Waals surface area contributed by atoms with Crippen molar-refractivity contribution in [1.29, 1.82) is 0 Å². The number of ether oxygens (including phenoxy) is 3. The van der Waals surface area contributed by atoms with Gasteiger partial charge in [0.05, 0.1) is 29.3 Å². The van der Waals surface area contributed by atoms with Gasteiger partial charge in [0.2, 0.25) is 0 Å². The van der Waals surface area contributed by atoms with E-state index in [-0.39, 0.29) is 36.8 Å². The van der Waals surface area contributed by atoms with E-state index in [1.54, 1.807) is 6.08 Å². The summed E-state index contributed by atoms with van der Waals surface area (Å²) in [6.07, 6.45) is -0.809. The first-order chi connectivity index (χ1) is 18.9. The molecule has 2 heterocycles. The summed E-state index contributed by atoms with van der Waals surface area (Å²) in [7, 11) is 0. The van der Waals surface area contributed by atoms with Crippen molar-refractivity contribution < 1.29 is 54.4 Å². The lowest BCUT2D eigenvalue weighted by Crippen LogP contribution is -2.69. The van der Waals surface area contributed by atoms with Crippen molar-refractivity contribution in [3.8, 4) is 0 Å². The molecule has 0 spiro atoms. The van der Waals surface area contributed by atoms with Crippen LogP contribution in [0.1, 0.15) is 64.7 Å². The summed E-state index contributed by atoms with van der Waals surface area (Å²) in [5.41, 5.74) is -3.01. The van der Waals surface area contributed by atoms with Gasteiger partial charge in [-0.25, -0.2) is 4.79 Å². The maximum atomic E-state index is 13.0. The first kappa shape index (κ1) is 28.7. The van der Waals surface area contributed by atoms with Crippen LogP contribution in [0.15, 0.2) is 11.6 Å². The van der Waals surface area contributed by atoms with Crippen LogP contribution in [0, 0.1) is 28.6 Å². The number of fused-ring (bicyclic) bond motifs is 5. The minimum Gasteiger partial charge on any atom is -0.458 e. The summed E-state index contributed by atoms with van der Waals surface area (Å²) >= 11 is 0. The highest BCUT2D eigenvalue weighted by molar-refractivity contribution is 5.85. The van der Waals surface area contributed by atoms with E-state index in [0.717, 1.165) is 18.3 Å². The molecule has 13 atom stereocenters. The maximum Gasteiger partial charge on any atom is 0.331 e. The fourth-order valence-corrected chi connectivity index (χ4v) is 9.80. The number of hydrogen-bond acceptors (Lipinski definition) is 11. The first-order valence-electron chi connectivity index (χ1n) is 14.7. The summed E-state index contributed by atoms with van der Waals surface area (Å²) in [4.78, 5) is 24.8. The molecule has 6 rings (SSSR count). The summed E-state index contributed by atoms with van der Waals surface area (Å²) in [6.45, 7) is 1.79. The zero-order chi connectivity index (χ0) is 28.7. The van der Waals surface area contributed by atoms with Crippen molar-refractivity contribution in [2.45, 2.75) is 113 Å². The van der Waals surface area contributed by atoms with E-state index in [0.29, 0.717) is 44.9 Å². The zero-order valence-electron chi connectivity index (χ0n) is 22.9. The molecule has 0 unspecified atom stereocenters. The standard InChI is InChI=1S/C29H42O11/c1-26-6-3-18-19(29(26,37)9-5-17(26)15-10-21(32)38-13-15)4-8-28(36)11-16(2-7-27(18,28)14-31)39-25-24(35)23(34)22(33)20(12-30)40-25/h10,14,16-20,22-25,30,33-37H,2-9,11-13H2,1H3/t16-,17+,18+,19-,20-,22+,23-,24-,25+,26-,27+,28+,29+/m1/s1. The summed E-state index contributed by atoms with van der Waals surface area (Å²) < 4.78 is 16.7. The van der Waals surface area contributed by atoms with Crippen molar-refractivity contribution >= 4 is 12.3 Å². The van der Waals surface area contributed by atoms with E-state index in [9.17, 15) is 40.2 Å². The van der Waals surface area contributed by atoms with Crippen molar-refractivity contribution in [3.63, 3.8) is 0 Å². The molecule has 6 N–H and O–H groups in total. The number of aliphatic hydroxyl groups is 6. The van der Waals surface area contributed by atoms with Gasteiger partial charge < -0.3 is 49.6 Å². The molecule has 0 amide bonds. The third-order valence-electron chi connectivity index (χ3n) is 12.0. The third-order valence-corrected chi connectivity index (χ3v) is 12.0. The fraction of sp³-hybridized carbons (Fsp3) is 0.862. The van der Waals surface area contributed by atoms with Crippen molar-refractivity contribution in [2.24, 2.45) is 28.6 Å². The lowest BCUT2D eigenvalue weighted by atomic mass is 9.41. The Labute approximate surface area is 233 Å². The number of esters is 1. The van der Waals surface area contributed by atoms with Gasteiger partial charge in [0.15, 0.2) is 6.29 Å². The van der Waals surface area contributed by atoms with Gasteiger partial charge >= 0.3 is 5.97 Å². The highest BCUT2D eigenvalue weighted by Crippen LogP contribution is 2.70. The molecule has 0 aromatic heterocycles. The number of cyclic esters (lactones) is 1. The van der Waals surface area contributed by atoms with Crippen molar-refractivity contribution in [3.05, 3.63) is 11.6 Å². The van der Waals surface area contributed by atoms with Crippen LogP contribution in [-0.4, -0.2) is 104 Å². The van der Waals surface area contributed by atoms with Gasteiger partial charge in [0, 0.05) is 17.9 Å². The van der Waals surface area contributed by atoms with E-state index in [1.165, 1.54) is 0 Å². The Morgan fingerprint density at radius 1 is 1.00 bits per heavy atom. The molecule has 0 aromatic rings. The predicted octanol–water partition coefficient (Wildman–Crippen LogP) is -0.278. The summed E-state index contributed by atoms with van der Waals surface area (Å²) in [5.74, 6) is -0.707. The fourth-order valence-electron chi connectivity index (χ4n) is 9.80. The average Bonchev–Trinajstić information content (AvgIpc) is 3.48. The Hall–Kier alpha value is -1.44. The molecule has 6 aliphatic rings. The Bertz CT molecular complexity index is 1060. The molecule has 5 fully saturated rings. The topological polar surface area (TPSA) is 183 Å². The molecule has 40 heavy (non-hydrogen) atoms. The molecular weight excluding hydrogens is 524 g/mol. The predicted molar refractivity (Wildman–Crippen MR) is 136 cm³/mol. The van der Waals surface area contributed by atoms with Gasteiger partial charge in [-0.15, -0.1) is 0 Å². The van der Waals surface area contributed by atoms with Gasteiger partial charge in [-0.05, 0) is 74.7 Å². The first-order valence-corrected chi connectivity index (χ1v) is 14.7. The number of carbonyl (C=O) groups is 2. The lowest BCUT2D eigenvalue weighted by molar-refractivity contribution is -0.322. The smallest absolute Gasteiger partial charge is 0.331 e. The number of carbonyl (C=O) groups excluding carboxylic acids is 2. The molecule has 11 nitrogen and oxygen atoms in total. The Morgan fingerprint density at radius 2 is 1.75 bits per heavy atom. The maximum absolute atomic E-state index is 13.0. The SMILES string of the molecule is C[C@]12CC[C@H]3[C@@H](CC[C@]4(O)C[C@H](O[C@H]5O[C@H](CO)[C@H](O)[C@@H](O)[C@H]5O)CC[C@]34C=O)[C@@]1(O)CC[C@H]2C1=CC(=O)OC1. The molecule has 2 aliphatic heterocycles. The number of aldehydes is 1. The molecule has 1 saturated heterocycles. The highest BCUT2D eigenvalue weighted by Gasteiger charge is 2.71. The Kier molecular flexibility index (Phi) is 7.03. The van der Waals surface area contributed by atoms with Crippen LogP contribution < -0.4 is 0 Å². The molecule has 0 radical (unpaired) electrons. The highest BCUT2D eigenvalue weighted by atomic mass is 16.7. The van der Waals surface area contributed by atoms with Crippen LogP contribution in [0.3, 0.4) is 0 Å². The minimum absolute atomic E-state index is 0.0283. The molecular formula is C29H42O11. The number of hydrogen-bond donors (Lipinski definition) is 6. The van der Waals surface area contributed by atoms with Crippen LogP contribution in [0.25, 0.3) is 0 Å². The van der Waals surface area contributed by atoms with Gasteiger partial charge in [-0.1, -0.05) is 6.92 Å². The quantitative estimate of drug-likeness (QED) is 0.146. The van der Waals surface area contributed by atoms with E-state index in [4.69, 9.17) is 14.2 Å². The Balaban J connectivity index is 1.22. The second kappa shape index (κ2) is 9.80. The molecule has 0 bridgehead atoms. The van der Waals surface area contributed by atoms with Crippen LogP contribution in [0.5, 0.6) is 0 Å². The van der Waals surface area contributed by atoms with Crippen LogP contribution in [-0.2, 0) is 23.8 Å². The second-order valence-corrected chi connectivity index (χ2v) is 13.4. The molecule has 4 aliphatic carbocycles.